The van der Waals surface area contributed by atoms with Gasteiger partial charge in [0.25, 0.3) is 0 Å². The number of hydrogen-bond acceptors (Lipinski definition) is 15. The highest BCUT2D eigenvalue weighted by Crippen LogP contribution is 2.45. The van der Waals surface area contributed by atoms with Crippen molar-refractivity contribution >= 4 is 43.6 Å². The van der Waals surface area contributed by atoms with Crippen LogP contribution in [0.15, 0.2) is 152 Å². The highest BCUT2D eigenvalue weighted by atomic mass is 15.1. The molecule has 0 atom stereocenters. The number of aryl methyl sites for hydroxylation is 8. The Kier molecular flexibility index (Phi) is 12.2. The van der Waals surface area contributed by atoms with Gasteiger partial charge in [-0.05, 0) is 146 Å². The van der Waals surface area contributed by atoms with Crippen molar-refractivity contribution in [2.45, 2.75) is 55.4 Å². The van der Waals surface area contributed by atoms with E-state index >= 15 is 0 Å². The van der Waals surface area contributed by atoms with Crippen LogP contribution in [-0.2, 0) is 0 Å². The Morgan fingerprint density at radius 2 is 0.571 bits per heavy atom. The lowest BCUT2D eigenvalue weighted by atomic mass is 10.0. The van der Waals surface area contributed by atoms with Crippen LogP contribution < -0.4 is 0 Å². The molecule has 0 unspecified atom stereocenters. The molecule has 402 valence electrons. The van der Waals surface area contributed by atoms with Gasteiger partial charge in [-0.1, -0.05) is 60.7 Å². The molecule has 0 saturated heterocycles. The zero-order valence-electron chi connectivity index (χ0n) is 47.0. The molecule has 14 aromatic rings. The van der Waals surface area contributed by atoms with Gasteiger partial charge in [-0.25, -0.2) is 69.8 Å². The van der Waals surface area contributed by atoms with Crippen LogP contribution in [0.3, 0.4) is 0 Å². The molecule has 17 nitrogen and oxygen atoms in total. The van der Waals surface area contributed by atoms with E-state index in [4.69, 9.17) is 49.8 Å². The monoisotopic (exact) mass is 1090 g/mol. The maximum absolute atomic E-state index is 11.4. The number of nitriles is 1. The second-order valence-electron chi connectivity index (χ2n) is 20.8. The van der Waals surface area contributed by atoms with Gasteiger partial charge < -0.3 is 9.13 Å². The molecule has 0 bridgehead atoms. The number of benzene rings is 7. The molecule has 0 fully saturated rings. The molecular formula is C67H49N17. The summed E-state index contributed by atoms with van der Waals surface area (Å²) >= 11 is 0. The van der Waals surface area contributed by atoms with E-state index in [1.165, 1.54) is 0 Å². The summed E-state index contributed by atoms with van der Waals surface area (Å²) in [6.07, 6.45) is 0. The molecule has 0 aliphatic rings. The Morgan fingerprint density at radius 3 is 0.845 bits per heavy atom. The van der Waals surface area contributed by atoms with Crippen LogP contribution in [0.2, 0.25) is 0 Å². The van der Waals surface area contributed by atoms with Crippen LogP contribution in [0.5, 0.6) is 0 Å². The first-order valence-electron chi connectivity index (χ1n) is 27.3. The van der Waals surface area contributed by atoms with Crippen molar-refractivity contribution in [1.29, 1.82) is 5.26 Å². The van der Waals surface area contributed by atoms with E-state index in [0.29, 0.717) is 110 Å². The van der Waals surface area contributed by atoms with Gasteiger partial charge in [0.15, 0.2) is 29.1 Å². The van der Waals surface area contributed by atoms with E-state index in [2.05, 4.69) is 108 Å². The van der Waals surface area contributed by atoms with Gasteiger partial charge in [-0.3, -0.25) is 0 Å². The van der Waals surface area contributed by atoms with E-state index in [1.807, 2.05) is 134 Å². The Morgan fingerprint density at radius 1 is 0.286 bits per heavy atom. The molecule has 7 aromatic carbocycles. The lowest BCUT2D eigenvalue weighted by Crippen LogP contribution is -2.08. The zero-order chi connectivity index (χ0) is 57.5. The van der Waals surface area contributed by atoms with Crippen molar-refractivity contribution in [1.82, 2.24) is 78.9 Å². The Hall–Kier alpha value is -11.3. The molecule has 0 saturated carbocycles. The van der Waals surface area contributed by atoms with E-state index in [0.717, 1.165) is 77.0 Å². The average Bonchev–Trinajstić information content (AvgIpc) is 1.79. The van der Waals surface area contributed by atoms with Crippen LogP contribution in [0, 0.1) is 66.7 Å². The molecule has 17 heteroatoms. The summed E-state index contributed by atoms with van der Waals surface area (Å²) in [5.74, 6) is 7.56. The fourth-order valence-corrected chi connectivity index (χ4v) is 11.4. The molecule has 84 heavy (non-hydrogen) atoms. The number of rotatable bonds is 9. The molecule has 7 heterocycles. The average molecular weight is 1090 g/mol. The second kappa shape index (κ2) is 20.1. The maximum atomic E-state index is 11.4. The second-order valence-corrected chi connectivity index (χ2v) is 20.8. The topological polar surface area (TPSA) is 214 Å². The highest BCUT2D eigenvalue weighted by Gasteiger charge is 2.28. The van der Waals surface area contributed by atoms with Gasteiger partial charge in [0.05, 0.1) is 62.0 Å². The predicted octanol–water partition coefficient (Wildman–Crippen LogP) is 13.4. The highest BCUT2D eigenvalue weighted by molar-refractivity contribution is 6.14. The van der Waals surface area contributed by atoms with Gasteiger partial charge >= 0.3 is 0 Å². The minimum absolute atomic E-state index is 0.400. The van der Waals surface area contributed by atoms with Crippen LogP contribution in [0.25, 0.3) is 134 Å². The molecule has 0 amide bonds. The van der Waals surface area contributed by atoms with E-state index in [-0.39, 0.29) is 0 Å². The fourth-order valence-electron chi connectivity index (χ4n) is 11.4. The zero-order valence-corrected chi connectivity index (χ0v) is 47.0. The number of hydrogen-bond donors (Lipinski definition) is 0. The first-order valence-corrected chi connectivity index (χ1v) is 27.3. The maximum Gasteiger partial charge on any atom is 0.164 e. The largest absolute Gasteiger partial charge is 0.308 e. The summed E-state index contributed by atoms with van der Waals surface area (Å²) in [7, 11) is 0. The van der Waals surface area contributed by atoms with Crippen molar-refractivity contribution in [2.24, 2.45) is 0 Å². The fraction of sp³-hybridized carbons (Fsp3) is 0.119. The Balaban J connectivity index is 1.14. The van der Waals surface area contributed by atoms with Crippen molar-refractivity contribution < 1.29 is 0 Å². The van der Waals surface area contributed by atoms with Crippen LogP contribution in [-0.4, -0.2) is 78.9 Å². The van der Waals surface area contributed by atoms with Gasteiger partial charge in [-0.15, -0.1) is 0 Å². The van der Waals surface area contributed by atoms with E-state index < -0.39 is 0 Å². The minimum Gasteiger partial charge on any atom is -0.308 e. The third kappa shape index (κ3) is 9.08. The number of fused-ring (bicyclic) bond motifs is 6. The lowest BCUT2D eigenvalue weighted by Gasteiger charge is -2.21. The summed E-state index contributed by atoms with van der Waals surface area (Å²) < 4.78 is 4.43. The standard InChI is InChI=1S/C67H49N17/c1-35-69-36(2)74-63(73-35)46-19-23-56-50(29-46)51-30-47(64-75-37(3)70-38(4)76-64)20-24-57(51)83(56)60-27-43(34-68)28-61(62(60)67-81-54(44-15-11-9-12-16-44)33-55(82-67)45-17-13-10-14-18-45)84-58-25-21-48(65-77-39(5)71-40(6)78-65)31-52(58)53-32-49(22-26-59(53)84)66-79-41(7)72-42(8)80-66/h9-33H,1-8H3. The van der Waals surface area contributed by atoms with Crippen LogP contribution in [0.1, 0.15) is 52.2 Å². The summed E-state index contributed by atoms with van der Waals surface area (Å²) in [5, 5.41) is 15.0. The first-order chi connectivity index (χ1) is 40.8. The number of aromatic nitrogens is 16. The predicted molar refractivity (Wildman–Crippen MR) is 325 cm³/mol. The van der Waals surface area contributed by atoms with Crippen LogP contribution >= 0.6 is 0 Å². The van der Waals surface area contributed by atoms with Crippen molar-refractivity contribution in [2.75, 3.05) is 0 Å². The molecule has 0 aliphatic carbocycles. The van der Waals surface area contributed by atoms with Crippen molar-refractivity contribution in [3.8, 4) is 96.9 Å². The van der Waals surface area contributed by atoms with Gasteiger partial charge in [-0.2, -0.15) is 5.26 Å². The third-order valence-electron chi connectivity index (χ3n) is 14.8. The molecule has 0 spiro atoms. The van der Waals surface area contributed by atoms with Gasteiger partial charge in [0, 0.05) is 54.9 Å². The molecular weight excluding hydrogens is 1040 g/mol. The Labute approximate surface area is 481 Å². The summed E-state index contributed by atoms with van der Waals surface area (Å²) in [6, 6.07) is 53.8. The van der Waals surface area contributed by atoms with Gasteiger partial charge in [0.2, 0.25) is 0 Å². The van der Waals surface area contributed by atoms with Gasteiger partial charge in [0.1, 0.15) is 46.6 Å². The summed E-state index contributed by atoms with van der Waals surface area (Å²) in [5.41, 5.74) is 12.2. The Bertz CT molecular complexity index is 4480. The molecule has 0 aliphatic heterocycles. The third-order valence-corrected chi connectivity index (χ3v) is 14.8. The molecule has 0 radical (unpaired) electrons. The summed E-state index contributed by atoms with van der Waals surface area (Å²) in [6.45, 7) is 15.0. The molecule has 14 rings (SSSR count). The SMILES string of the molecule is Cc1nc(C)nc(-c2ccc3c(c2)c2cc(-c4nc(C)nc(C)n4)ccc2n3-c2cc(C#N)cc(-n3c4ccc(-c5nc(C)nc(C)n5)cc4c4cc(-c5nc(C)nc(C)n5)ccc43)c2-c2nc(-c3ccccc3)cc(-c3ccccc3)n2)n1. The first kappa shape index (κ1) is 50.9. The minimum atomic E-state index is 0.400. The lowest BCUT2D eigenvalue weighted by molar-refractivity contribution is 0.928. The number of nitrogens with zero attached hydrogens (tertiary/aromatic N) is 17. The molecule has 0 N–H and O–H groups in total. The molecule has 7 aromatic heterocycles. The van der Waals surface area contributed by atoms with Crippen LogP contribution in [0.4, 0.5) is 0 Å². The van der Waals surface area contributed by atoms with E-state index in [9.17, 15) is 5.26 Å². The van der Waals surface area contributed by atoms with Crippen molar-refractivity contribution in [3.05, 3.63) is 204 Å². The van der Waals surface area contributed by atoms with Crippen molar-refractivity contribution in [3.63, 3.8) is 0 Å². The van der Waals surface area contributed by atoms with E-state index in [1.54, 1.807) is 0 Å². The quantitative estimate of drug-likeness (QED) is 0.131. The normalized spacial score (nSPS) is 11.6. The smallest absolute Gasteiger partial charge is 0.164 e. The summed E-state index contributed by atoms with van der Waals surface area (Å²) in [4.78, 5) is 67.6.